The number of carbonyl (C=O) groups excluding carboxylic acids is 1. The van der Waals surface area contributed by atoms with E-state index in [1.54, 1.807) is 11.0 Å². The third-order valence-electron chi connectivity index (χ3n) is 4.85. The number of hydrogen-bond donors (Lipinski definition) is 1. The third kappa shape index (κ3) is 1.89. The van der Waals surface area contributed by atoms with Crippen molar-refractivity contribution < 1.29 is 19.4 Å². The monoisotopic (exact) mass is 299 g/mol. The minimum atomic E-state index is -0.958. The van der Waals surface area contributed by atoms with Gasteiger partial charge < -0.3 is 14.7 Å². The van der Waals surface area contributed by atoms with E-state index in [-0.39, 0.29) is 5.91 Å². The van der Waals surface area contributed by atoms with E-state index in [1.165, 1.54) is 0 Å². The van der Waals surface area contributed by atoms with E-state index in [2.05, 4.69) is 0 Å². The van der Waals surface area contributed by atoms with Crippen LogP contribution in [0.4, 0.5) is 5.69 Å². The average Bonchev–Trinajstić information content (AvgIpc) is 3.14. The Kier molecular flexibility index (Phi) is 3.04. The maximum absolute atomic E-state index is 13.0. The Morgan fingerprint density at radius 2 is 1.86 bits per heavy atom. The first-order chi connectivity index (χ1) is 10.7. The second kappa shape index (κ2) is 4.95. The second-order valence-corrected chi connectivity index (χ2v) is 6.06. The number of para-hydroxylation sites is 1. The van der Waals surface area contributed by atoms with Gasteiger partial charge in [0.05, 0.1) is 18.1 Å². The molecular formula is C17H17NO4. The van der Waals surface area contributed by atoms with E-state index >= 15 is 0 Å². The van der Waals surface area contributed by atoms with Crippen molar-refractivity contribution in [3.05, 3.63) is 42.0 Å². The number of hydrogen-bond acceptors (Lipinski definition) is 3. The Bertz CT molecular complexity index is 668. The highest BCUT2D eigenvalue weighted by Crippen LogP contribution is 2.41. The number of carboxylic acids is 1. The molecule has 1 aromatic rings. The van der Waals surface area contributed by atoms with Crippen molar-refractivity contribution in [2.45, 2.75) is 25.0 Å². The smallest absolute Gasteiger partial charge is 0.310 e. The number of aryl methyl sites for hydroxylation is 1. The van der Waals surface area contributed by atoms with E-state index in [0.717, 1.165) is 24.1 Å². The predicted molar refractivity (Wildman–Crippen MR) is 79.5 cm³/mol. The van der Waals surface area contributed by atoms with Crippen molar-refractivity contribution in [3.8, 4) is 0 Å². The van der Waals surface area contributed by atoms with Crippen molar-refractivity contribution in [2.24, 2.45) is 11.8 Å². The fourth-order valence-corrected chi connectivity index (χ4v) is 3.84. The van der Waals surface area contributed by atoms with Gasteiger partial charge in [-0.05, 0) is 24.5 Å². The summed E-state index contributed by atoms with van der Waals surface area (Å²) >= 11 is 0. The van der Waals surface area contributed by atoms with Crippen LogP contribution in [0.3, 0.4) is 0 Å². The molecule has 4 atom stereocenters. The van der Waals surface area contributed by atoms with Crippen LogP contribution in [0, 0.1) is 11.8 Å². The lowest BCUT2D eigenvalue weighted by Crippen LogP contribution is -2.46. The fourth-order valence-electron chi connectivity index (χ4n) is 3.84. The second-order valence-electron chi connectivity index (χ2n) is 6.06. The molecule has 1 aromatic carbocycles. The molecule has 1 fully saturated rings. The van der Waals surface area contributed by atoms with E-state index in [9.17, 15) is 14.7 Å². The largest absolute Gasteiger partial charge is 0.481 e. The van der Waals surface area contributed by atoms with Crippen LogP contribution in [0.15, 0.2) is 36.4 Å². The van der Waals surface area contributed by atoms with Crippen LogP contribution in [0.25, 0.3) is 0 Å². The predicted octanol–water partition coefficient (Wildman–Crippen LogP) is 1.62. The lowest BCUT2D eigenvalue weighted by atomic mass is 9.81. The molecule has 4 rings (SSSR count). The first kappa shape index (κ1) is 13.5. The quantitative estimate of drug-likeness (QED) is 0.843. The van der Waals surface area contributed by atoms with Crippen molar-refractivity contribution >= 4 is 17.6 Å². The lowest BCUT2D eigenvalue weighted by molar-refractivity contribution is -0.146. The van der Waals surface area contributed by atoms with Crippen LogP contribution in [0.2, 0.25) is 0 Å². The van der Waals surface area contributed by atoms with E-state index < -0.39 is 30.0 Å². The van der Waals surface area contributed by atoms with Gasteiger partial charge >= 0.3 is 5.97 Å². The molecule has 1 amide bonds. The van der Waals surface area contributed by atoms with E-state index in [1.807, 2.05) is 30.3 Å². The minimum Gasteiger partial charge on any atom is -0.481 e. The molecule has 22 heavy (non-hydrogen) atoms. The normalized spacial score (nSPS) is 32.1. The standard InChI is InChI=1S/C17H17NO4/c19-16(14-12-7-8-13(22-12)15(14)17(20)21)18-9-3-5-10-4-1-2-6-11(10)18/h1-2,4,6-8,12-15H,3,5,9H2,(H,20,21)/t12-,13-,14-,15-/m0/s1. The highest BCUT2D eigenvalue weighted by molar-refractivity contribution is 5.99. The Hall–Kier alpha value is -2.14. The van der Waals surface area contributed by atoms with Crippen LogP contribution in [0.1, 0.15) is 12.0 Å². The molecule has 0 unspecified atom stereocenters. The number of benzene rings is 1. The van der Waals surface area contributed by atoms with Crippen molar-refractivity contribution in [1.29, 1.82) is 0 Å². The Morgan fingerprint density at radius 1 is 1.14 bits per heavy atom. The van der Waals surface area contributed by atoms with Crippen LogP contribution in [-0.2, 0) is 20.7 Å². The molecule has 3 heterocycles. The molecule has 5 heteroatoms. The highest BCUT2D eigenvalue weighted by atomic mass is 16.5. The minimum absolute atomic E-state index is 0.128. The van der Waals surface area contributed by atoms with Gasteiger partial charge in [-0.1, -0.05) is 30.4 Å². The molecule has 0 radical (unpaired) electrons. The Balaban J connectivity index is 1.68. The molecule has 3 aliphatic heterocycles. The number of anilines is 1. The van der Waals surface area contributed by atoms with Crippen LogP contribution in [-0.4, -0.2) is 35.7 Å². The summed E-state index contributed by atoms with van der Waals surface area (Å²) in [5.74, 6) is -2.49. The van der Waals surface area contributed by atoms with Crippen molar-refractivity contribution in [1.82, 2.24) is 0 Å². The van der Waals surface area contributed by atoms with Gasteiger partial charge in [-0.15, -0.1) is 0 Å². The zero-order valence-electron chi connectivity index (χ0n) is 12.0. The number of carboxylic acid groups (broad SMARTS) is 1. The summed E-state index contributed by atoms with van der Waals surface area (Å²) in [5.41, 5.74) is 2.06. The molecule has 0 aromatic heterocycles. The van der Waals surface area contributed by atoms with Crippen LogP contribution >= 0.6 is 0 Å². The number of carbonyl (C=O) groups is 2. The van der Waals surface area contributed by atoms with E-state index in [4.69, 9.17) is 4.74 Å². The Morgan fingerprint density at radius 3 is 2.64 bits per heavy atom. The maximum Gasteiger partial charge on any atom is 0.310 e. The first-order valence-electron chi connectivity index (χ1n) is 7.62. The van der Waals surface area contributed by atoms with Crippen molar-refractivity contribution in [2.75, 3.05) is 11.4 Å². The third-order valence-corrected chi connectivity index (χ3v) is 4.85. The SMILES string of the molecule is O=C(O)[C@@H]1[C@@H](C(=O)N2CCCc3ccccc32)[C@@H]2C=C[C@@H]1O2. The summed E-state index contributed by atoms with van der Waals surface area (Å²) in [5, 5.41) is 9.46. The summed E-state index contributed by atoms with van der Waals surface area (Å²) in [6.45, 7) is 0.639. The zero-order valence-corrected chi connectivity index (χ0v) is 12.0. The molecule has 3 aliphatic rings. The number of ether oxygens (including phenoxy) is 1. The van der Waals surface area contributed by atoms with Gasteiger partial charge in [0.2, 0.25) is 5.91 Å². The summed E-state index contributed by atoms with van der Waals surface area (Å²) < 4.78 is 5.62. The van der Waals surface area contributed by atoms with Gasteiger partial charge in [0.15, 0.2) is 0 Å². The van der Waals surface area contributed by atoms with Gasteiger partial charge in [0, 0.05) is 12.2 Å². The lowest BCUT2D eigenvalue weighted by Gasteiger charge is -2.33. The molecule has 2 bridgehead atoms. The molecule has 0 spiro atoms. The molecule has 5 nitrogen and oxygen atoms in total. The number of rotatable bonds is 2. The van der Waals surface area contributed by atoms with Gasteiger partial charge in [-0.25, -0.2) is 0 Å². The number of aliphatic carboxylic acids is 1. The molecule has 0 saturated carbocycles. The van der Waals surface area contributed by atoms with Gasteiger partial charge in [0.1, 0.15) is 5.92 Å². The number of nitrogens with zero attached hydrogens (tertiary/aromatic N) is 1. The zero-order chi connectivity index (χ0) is 15.3. The van der Waals surface area contributed by atoms with Crippen LogP contribution in [0.5, 0.6) is 0 Å². The average molecular weight is 299 g/mol. The van der Waals surface area contributed by atoms with Gasteiger partial charge in [-0.3, -0.25) is 9.59 Å². The van der Waals surface area contributed by atoms with Crippen LogP contribution < -0.4 is 4.90 Å². The van der Waals surface area contributed by atoms with E-state index in [0.29, 0.717) is 6.54 Å². The molecular weight excluding hydrogens is 282 g/mol. The topological polar surface area (TPSA) is 66.8 Å². The molecule has 1 N–H and O–H groups in total. The molecule has 114 valence electrons. The number of fused-ring (bicyclic) bond motifs is 3. The molecule has 1 saturated heterocycles. The van der Waals surface area contributed by atoms with Gasteiger partial charge in [0.25, 0.3) is 0 Å². The maximum atomic E-state index is 13.0. The summed E-state index contributed by atoms with van der Waals surface area (Å²) in [7, 11) is 0. The fraction of sp³-hybridized carbons (Fsp3) is 0.412. The van der Waals surface area contributed by atoms with Crippen molar-refractivity contribution in [3.63, 3.8) is 0 Å². The number of amides is 1. The summed E-state index contributed by atoms with van der Waals surface area (Å²) in [6, 6.07) is 7.85. The van der Waals surface area contributed by atoms with Gasteiger partial charge in [-0.2, -0.15) is 0 Å². The summed E-state index contributed by atoms with van der Waals surface area (Å²) in [4.78, 5) is 26.3. The summed E-state index contributed by atoms with van der Waals surface area (Å²) in [6.07, 6.45) is 4.55. The highest BCUT2D eigenvalue weighted by Gasteiger charge is 2.54. The molecule has 0 aliphatic carbocycles. The Labute approximate surface area is 128 Å². The first-order valence-corrected chi connectivity index (χ1v) is 7.62.